The molecule has 3 heteroatoms. The molecule has 2 rings (SSSR count). The van der Waals surface area contributed by atoms with Crippen LogP contribution in [0.5, 0.6) is 0 Å². The molecule has 0 spiro atoms. The van der Waals surface area contributed by atoms with E-state index < -0.39 is 0 Å². The fraction of sp³-hybridized carbons (Fsp3) is 0.583. The van der Waals surface area contributed by atoms with Crippen LogP contribution < -0.4 is 5.32 Å². The Balaban J connectivity index is 0.00000112. The first kappa shape index (κ1) is 12.5. The van der Waals surface area contributed by atoms with Gasteiger partial charge in [0.15, 0.2) is 0 Å². The maximum Gasteiger partial charge on any atom is 0.0541 e. The van der Waals surface area contributed by atoms with Crippen molar-refractivity contribution < 1.29 is 0 Å². The van der Waals surface area contributed by atoms with Crippen LogP contribution in [-0.2, 0) is 6.54 Å². The molecule has 1 N–H and O–H groups in total. The van der Waals surface area contributed by atoms with E-state index >= 15 is 0 Å². The summed E-state index contributed by atoms with van der Waals surface area (Å²) in [4.78, 5) is 4.28. The number of halogens is 1. The third-order valence-corrected chi connectivity index (χ3v) is 3.24. The molecule has 0 aromatic carbocycles. The molecule has 0 saturated heterocycles. The topological polar surface area (TPSA) is 24.9 Å². The Kier molecular flexibility index (Phi) is 4.55. The molecular formula is C12H19ClN2. The van der Waals surface area contributed by atoms with Crippen molar-refractivity contribution in [2.75, 3.05) is 6.54 Å². The Morgan fingerprint density at radius 2 is 2.20 bits per heavy atom. The highest BCUT2D eigenvalue weighted by atomic mass is 35.5. The lowest BCUT2D eigenvalue weighted by molar-refractivity contribution is 0.442. The van der Waals surface area contributed by atoms with Crippen molar-refractivity contribution in [2.24, 2.45) is 5.41 Å². The second kappa shape index (κ2) is 5.47. The van der Waals surface area contributed by atoms with E-state index in [9.17, 15) is 0 Å². The van der Waals surface area contributed by atoms with Crippen LogP contribution in [0, 0.1) is 5.41 Å². The SMILES string of the molecule is CCC1(CNCc2ccccn2)CC1.Cl. The van der Waals surface area contributed by atoms with Crippen molar-refractivity contribution in [1.82, 2.24) is 10.3 Å². The molecule has 84 valence electrons. The zero-order valence-electron chi connectivity index (χ0n) is 9.20. The number of rotatable bonds is 5. The molecule has 0 bridgehead atoms. The highest BCUT2D eigenvalue weighted by molar-refractivity contribution is 5.85. The van der Waals surface area contributed by atoms with E-state index in [4.69, 9.17) is 0 Å². The fourth-order valence-corrected chi connectivity index (χ4v) is 1.79. The maximum absolute atomic E-state index is 4.28. The maximum atomic E-state index is 4.28. The van der Waals surface area contributed by atoms with E-state index in [0.717, 1.165) is 18.8 Å². The molecular weight excluding hydrogens is 208 g/mol. The van der Waals surface area contributed by atoms with Gasteiger partial charge in [0.05, 0.1) is 5.69 Å². The summed E-state index contributed by atoms with van der Waals surface area (Å²) in [5, 5.41) is 3.49. The molecule has 0 unspecified atom stereocenters. The van der Waals surface area contributed by atoms with E-state index in [1.54, 1.807) is 0 Å². The van der Waals surface area contributed by atoms with Gasteiger partial charge in [-0.05, 0) is 36.8 Å². The Bertz CT molecular complexity index is 283. The van der Waals surface area contributed by atoms with Crippen LogP contribution in [0.25, 0.3) is 0 Å². The van der Waals surface area contributed by atoms with Crippen molar-refractivity contribution in [2.45, 2.75) is 32.7 Å². The summed E-state index contributed by atoms with van der Waals surface area (Å²) in [6, 6.07) is 6.06. The van der Waals surface area contributed by atoms with Gasteiger partial charge in [-0.2, -0.15) is 0 Å². The number of hydrogen-bond acceptors (Lipinski definition) is 2. The smallest absolute Gasteiger partial charge is 0.0541 e. The van der Waals surface area contributed by atoms with Crippen LogP contribution in [0.3, 0.4) is 0 Å². The van der Waals surface area contributed by atoms with Gasteiger partial charge in [0, 0.05) is 19.3 Å². The lowest BCUT2D eigenvalue weighted by Gasteiger charge is -2.12. The molecule has 1 aromatic rings. The van der Waals surface area contributed by atoms with Crippen LogP contribution >= 0.6 is 12.4 Å². The molecule has 2 nitrogen and oxygen atoms in total. The average Bonchev–Trinajstić information content (AvgIpc) is 3.00. The number of pyridine rings is 1. The van der Waals surface area contributed by atoms with E-state index in [2.05, 4.69) is 23.3 Å². The van der Waals surface area contributed by atoms with Crippen LogP contribution in [0.2, 0.25) is 0 Å². The molecule has 1 saturated carbocycles. The Hall–Kier alpha value is -0.600. The first-order valence-electron chi connectivity index (χ1n) is 5.45. The largest absolute Gasteiger partial charge is 0.311 e. The molecule has 0 radical (unpaired) electrons. The zero-order valence-corrected chi connectivity index (χ0v) is 10.0. The van der Waals surface area contributed by atoms with E-state index in [1.807, 2.05) is 18.3 Å². The van der Waals surface area contributed by atoms with Gasteiger partial charge in [-0.1, -0.05) is 13.0 Å². The van der Waals surface area contributed by atoms with Gasteiger partial charge in [0.1, 0.15) is 0 Å². The molecule has 1 aliphatic rings. The van der Waals surface area contributed by atoms with Gasteiger partial charge < -0.3 is 5.32 Å². The average molecular weight is 227 g/mol. The first-order chi connectivity index (χ1) is 6.85. The van der Waals surface area contributed by atoms with Gasteiger partial charge in [0.25, 0.3) is 0 Å². The molecule has 1 aromatic heterocycles. The quantitative estimate of drug-likeness (QED) is 0.835. The van der Waals surface area contributed by atoms with Crippen LogP contribution in [0.1, 0.15) is 31.9 Å². The Morgan fingerprint density at radius 1 is 1.40 bits per heavy atom. The summed E-state index contributed by atoms with van der Waals surface area (Å²) in [6.45, 7) is 4.35. The van der Waals surface area contributed by atoms with Gasteiger partial charge in [0.2, 0.25) is 0 Å². The highest BCUT2D eigenvalue weighted by Gasteiger charge is 2.39. The molecule has 0 aliphatic heterocycles. The zero-order chi connectivity index (χ0) is 9.86. The predicted octanol–water partition coefficient (Wildman–Crippen LogP) is 2.78. The first-order valence-corrected chi connectivity index (χ1v) is 5.45. The van der Waals surface area contributed by atoms with E-state index in [-0.39, 0.29) is 12.4 Å². The summed E-state index contributed by atoms with van der Waals surface area (Å²) in [5.41, 5.74) is 1.77. The Labute approximate surface area is 97.9 Å². The second-order valence-electron chi connectivity index (χ2n) is 4.28. The van der Waals surface area contributed by atoms with Crippen LogP contribution in [0.4, 0.5) is 0 Å². The summed E-state index contributed by atoms with van der Waals surface area (Å²) in [6.07, 6.45) is 5.96. The predicted molar refractivity (Wildman–Crippen MR) is 65.1 cm³/mol. The minimum absolute atomic E-state index is 0. The number of nitrogens with zero attached hydrogens (tertiary/aromatic N) is 1. The summed E-state index contributed by atoms with van der Waals surface area (Å²) < 4.78 is 0. The van der Waals surface area contributed by atoms with Crippen molar-refractivity contribution in [3.8, 4) is 0 Å². The second-order valence-corrected chi connectivity index (χ2v) is 4.28. The summed E-state index contributed by atoms with van der Waals surface area (Å²) in [5.74, 6) is 0. The number of aromatic nitrogens is 1. The molecule has 1 fully saturated rings. The molecule has 1 heterocycles. The molecule has 0 atom stereocenters. The van der Waals surface area contributed by atoms with Gasteiger partial charge >= 0.3 is 0 Å². The standard InChI is InChI=1S/C12H18N2.ClH/c1-2-12(6-7-12)10-13-9-11-5-3-4-8-14-11;/h3-5,8,13H,2,6-7,9-10H2,1H3;1H. The van der Waals surface area contributed by atoms with Gasteiger partial charge in [-0.25, -0.2) is 0 Å². The lowest BCUT2D eigenvalue weighted by Crippen LogP contribution is -2.23. The van der Waals surface area contributed by atoms with Crippen LogP contribution in [-0.4, -0.2) is 11.5 Å². The summed E-state index contributed by atoms with van der Waals surface area (Å²) in [7, 11) is 0. The van der Waals surface area contributed by atoms with Crippen LogP contribution in [0.15, 0.2) is 24.4 Å². The minimum Gasteiger partial charge on any atom is -0.311 e. The third-order valence-electron chi connectivity index (χ3n) is 3.24. The molecule has 0 amide bonds. The van der Waals surface area contributed by atoms with Crippen molar-refractivity contribution in [3.05, 3.63) is 30.1 Å². The Morgan fingerprint density at radius 3 is 2.73 bits per heavy atom. The monoisotopic (exact) mass is 226 g/mol. The molecule has 15 heavy (non-hydrogen) atoms. The van der Waals surface area contributed by atoms with Crippen molar-refractivity contribution in [3.63, 3.8) is 0 Å². The van der Waals surface area contributed by atoms with Gasteiger partial charge in [-0.3, -0.25) is 4.98 Å². The van der Waals surface area contributed by atoms with E-state index in [0.29, 0.717) is 5.41 Å². The highest BCUT2D eigenvalue weighted by Crippen LogP contribution is 2.47. The summed E-state index contributed by atoms with van der Waals surface area (Å²) >= 11 is 0. The van der Waals surface area contributed by atoms with Gasteiger partial charge in [-0.15, -0.1) is 12.4 Å². The minimum atomic E-state index is 0. The van der Waals surface area contributed by atoms with E-state index in [1.165, 1.54) is 19.3 Å². The normalized spacial score (nSPS) is 16.9. The third kappa shape index (κ3) is 3.47. The fourth-order valence-electron chi connectivity index (χ4n) is 1.79. The van der Waals surface area contributed by atoms with Crippen molar-refractivity contribution >= 4 is 12.4 Å². The number of hydrogen-bond donors (Lipinski definition) is 1. The molecule has 1 aliphatic carbocycles. The van der Waals surface area contributed by atoms with Crippen molar-refractivity contribution in [1.29, 1.82) is 0 Å². The lowest BCUT2D eigenvalue weighted by atomic mass is 10.0. The number of nitrogens with one attached hydrogen (secondary N) is 1.